The van der Waals surface area contributed by atoms with E-state index in [1.807, 2.05) is 0 Å². The maximum atomic E-state index is 12.2. The van der Waals surface area contributed by atoms with E-state index in [1.165, 1.54) is 0 Å². The van der Waals surface area contributed by atoms with E-state index in [0.717, 1.165) is 0 Å². The first-order valence-corrected chi connectivity index (χ1v) is 7.70. The molecule has 0 aromatic rings. The lowest BCUT2D eigenvalue weighted by Crippen LogP contribution is -2.61. The van der Waals surface area contributed by atoms with E-state index in [2.05, 4.69) is 5.32 Å². The van der Waals surface area contributed by atoms with E-state index in [9.17, 15) is 14.7 Å². The summed E-state index contributed by atoms with van der Waals surface area (Å²) in [5.74, 6) is -1.32. The van der Waals surface area contributed by atoms with Crippen LogP contribution >= 0.6 is 0 Å². The second-order valence-corrected chi connectivity index (χ2v) is 6.31. The van der Waals surface area contributed by atoms with Crippen LogP contribution in [-0.4, -0.2) is 69.8 Å². The van der Waals surface area contributed by atoms with Gasteiger partial charge in [0.25, 0.3) is 0 Å². The lowest BCUT2D eigenvalue weighted by atomic mass is 9.72. The molecule has 2 saturated heterocycles. The van der Waals surface area contributed by atoms with E-state index < -0.39 is 24.7 Å². The zero-order chi connectivity index (χ0) is 16.5. The normalized spacial score (nSPS) is 31.9. The van der Waals surface area contributed by atoms with Crippen LogP contribution in [0.25, 0.3) is 0 Å². The van der Waals surface area contributed by atoms with Gasteiger partial charge in [0.2, 0.25) is 5.91 Å². The van der Waals surface area contributed by atoms with Gasteiger partial charge in [-0.1, -0.05) is 6.42 Å². The number of nitrogens with one attached hydrogen (secondary N) is 1. The van der Waals surface area contributed by atoms with Crippen LogP contribution in [0.2, 0.25) is 6.32 Å². The summed E-state index contributed by atoms with van der Waals surface area (Å²) in [6.07, 6.45) is 1.55. The average Bonchev–Trinajstić information content (AvgIpc) is 2.67. The van der Waals surface area contributed by atoms with Gasteiger partial charge in [0, 0.05) is 25.0 Å². The van der Waals surface area contributed by atoms with E-state index >= 15 is 0 Å². The summed E-state index contributed by atoms with van der Waals surface area (Å²) in [6.45, 7) is 2.43. The van der Waals surface area contributed by atoms with Gasteiger partial charge < -0.3 is 25.8 Å². The predicted octanol–water partition coefficient (Wildman–Crippen LogP) is -1.77. The molecule has 22 heavy (non-hydrogen) atoms. The highest BCUT2D eigenvalue weighted by molar-refractivity contribution is 6.40. The maximum absolute atomic E-state index is 12.2. The summed E-state index contributed by atoms with van der Waals surface area (Å²) in [5, 5.41) is 30.6. The average molecular weight is 313 g/mol. The number of carbonyl (C=O) groups is 2. The number of aliphatic carboxylic acids is 1. The zero-order valence-electron chi connectivity index (χ0n) is 12.7. The van der Waals surface area contributed by atoms with Crippen molar-refractivity contribution in [2.45, 2.75) is 50.1 Å². The molecule has 2 rings (SSSR count). The SMILES string of the molecule is C[C@H](N)C(=O)N1CC[C@@]2(C(=O)O)NC[C@H]1[C@H]2CCCB(O)O. The quantitative estimate of drug-likeness (QED) is 0.366. The van der Waals surface area contributed by atoms with Crippen molar-refractivity contribution in [3.63, 3.8) is 0 Å². The number of carboxylic acids is 1. The van der Waals surface area contributed by atoms with Gasteiger partial charge in [-0.2, -0.15) is 0 Å². The molecule has 2 bridgehead atoms. The summed E-state index contributed by atoms with van der Waals surface area (Å²) in [6, 6.07) is -0.822. The standard InChI is InChI=1S/C13H24BN3O5/c1-8(15)11(18)17-6-4-13(12(19)20)9(10(17)7-16-13)3-2-5-14(21)22/h8-10,16,21-22H,2-7,15H2,1H3,(H,19,20)/t8-,9+,10-,13+/m0/s1. The van der Waals surface area contributed by atoms with E-state index in [0.29, 0.717) is 32.4 Å². The second-order valence-electron chi connectivity index (χ2n) is 6.31. The van der Waals surface area contributed by atoms with Gasteiger partial charge in [-0.3, -0.25) is 14.9 Å². The van der Waals surface area contributed by atoms with Crippen molar-refractivity contribution in [3.05, 3.63) is 0 Å². The molecule has 0 aromatic heterocycles. The number of rotatable bonds is 6. The number of nitrogens with two attached hydrogens (primary N) is 1. The van der Waals surface area contributed by atoms with Gasteiger partial charge in [-0.05, 0) is 26.1 Å². The molecule has 0 spiro atoms. The number of fused-ring (bicyclic) bond motifs is 2. The Bertz CT molecular complexity index is 447. The molecule has 8 nitrogen and oxygen atoms in total. The number of hydrogen-bond acceptors (Lipinski definition) is 6. The molecule has 4 atom stereocenters. The summed E-state index contributed by atoms with van der Waals surface area (Å²) < 4.78 is 0. The van der Waals surface area contributed by atoms with Crippen LogP contribution in [0.15, 0.2) is 0 Å². The Balaban J connectivity index is 2.17. The Morgan fingerprint density at radius 3 is 2.73 bits per heavy atom. The van der Waals surface area contributed by atoms with Crippen LogP contribution < -0.4 is 11.1 Å². The fourth-order valence-electron chi connectivity index (χ4n) is 3.79. The van der Waals surface area contributed by atoms with Crippen LogP contribution in [0.1, 0.15) is 26.2 Å². The Labute approximate surface area is 129 Å². The van der Waals surface area contributed by atoms with Crippen molar-refractivity contribution >= 4 is 19.0 Å². The third-order valence-corrected chi connectivity index (χ3v) is 4.90. The summed E-state index contributed by atoms with van der Waals surface area (Å²) in [4.78, 5) is 25.7. The second kappa shape index (κ2) is 6.53. The third kappa shape index (κ3) is 2.98. The van der Waals surface area contributed by atoms with Crippen LogP contribution in [0, 0.1) is 5.92 Å². The number of carboxylic acid groups (broad SMARTS) is 1. The molecule has 0 aliphatic carbocycles. The Morgan fingerprint density at radius 1 is 1.50 bits per heavy atom. The monoisotopic (exact) mass is 313 g/mol. The first-order chi connectivity index (χ1) is 10.3. The van der Waals surface area contributed by atoms with Crippen LogP contribution in [-0.2, 0) is 9.59 Å². The van der Waals surface area contributed by atoms with E-state index in [-0.39, 0.29) is 24.2 Å². The highest BCUT2D eigenvalue weighted by atomic mass is 16.4. The molecule has 0 radical (unpaired) electrons. The summed E-state index contributed by atoms with van der Waals surface area (Å²) >= 11 is 0. The molecule has 2 fully saturated rings. The Hall–Kier alpha value is -1.16. The molecule has 0 saturated carbocycles. The molecule has 2 aliphatic rings. The van der Waals surface area contributed by atoms with Crippen molar-refractivity contribution < 1.29 is 24.7 Å². The maximum Gasteiger partial charge on any atom is 0.451 e. The highest BCUT2D eigenvalue weighted by Crippen LogP contribution is 2.41. The molecule has 2 heterocycles. The Kier molecular flexibility index (Phi) is 5.11. The van der Waals surface area contributed by atoms with Gasteiger partial charge in [0.05, 0.1) is 6.04 Å². The van der Waals surface area contributed by atoms with Gasteiger partial charge >= 0.3 is 13.1 Å². The number of nitrogens with zero attached hydrogens (tertiary/aromatic N) is 1. The molecule has 124 valence electrons. The molecular weight excluding hydrogens is 289 g/mol. The van der Waals surface area contributed by atoms with Crippen molar-refractivity contribution in [2.75, 3.05) is 13.1 Å². The van der Waals surface area contributed by atoms with Crippen molar-refractivity contribution in [1.82, 2.24) is 10.2 Å². The minimum absolute atomic E-state index is 0.167. The fourth-order valence-corrected chi connectivity index (χ4v) is 3.79. The summed E-state index contributed by atoms with van der Waals surface area (Å²) in [7, 11) is -1.39. The van der Waals surface area contributed by atoms with Gasteiger partial charge in [-0.25, -0.2) is 0 Å². The van der Waals surface area contributed by atoms with Crippen LogP contribution in [0.4, 0.5) is 0 Å². The predicted molar refractivity (Wildman–Crippen MR) is 79.9 cm³/mol. The lowest BCUT2D eigenvalue weighted by molar-refractivity contribution is -0.152. The van der Waals surface area contributed by atoms with Crippen molar-refractivity contribution in [2.24, 2.45) is 11.7 Å². The number of amides is 1. The van der Waals surface area contributed by atoms with E-state index in [4.69, 9.17) is 15.8 Å². The lowest BCUT2D eigenvalue weighted by Gasteiger charge is -2.44. The number of likely N-dealkylation sites (tertiary alicyclic amines) is 1. The first kappa shape index (κ1) is 17.2. The number of carbonyl (C=O) groups excluding carboxylic acids is 1. The third-order valence-electron chi connectivity index (χ3n) is 4.90. The molecule has 6 N–H and O–H groups in total. The number of hydrogen-bond donors (Lipinski definition) is 5. The van der Waals surface area contributed by atoms with Crippen LogP contribution in [0.5, 0.6) is 0 Å². The number of piperidine rings is 1. The molecular formula is C13H24BN3O5. The smallest absolute Gasteiger partial charge is 0.451 e. The van der Waals surface area contributed by atoms with E-state index in [1.54, 1.807) is 11.8 Å². The molecule has 0 aromatic carbocycles. The minimum Gasteiger partial charge on any atom is -0.480 e. The summed E-state index contributed by atoms with van der Waals surface area (Å²) in [5.41, 5.74) is 4.65. The van der Waals surface area contributed by atoms with Crippen LogP contribution in [0.3, 0.4) is 0 Å². The minimum atomic E-state index is -1.39. The molecule has 9 heteroatoms. The molecule has 1 amide bonds. The topological polar surface area (TPSA) is 136 Å². The largest absolute Gasteiger partial charge is 0.480 e. The molecule has 0 unspecified atom stereocenters. The molecule has 2 aliphatic heterocycles. The first-order valence-electron chi connectivity index (χ1n) is 7.70. The van der Waals surface area contributed by atoms with Crippen molar-refractivity contribution in [3.8, 4) is 0 Å². The highest BCUT2D eigenvalue weighted by Gasteiger charge is 2.58. The zero-order valence-corrected chi connectivity index (χ0v) is 12.7. The van der Waals surface area contributed by atoms with Crippen molar-refractivity contribution in [1.29, 1.82) is 0 Å². The Morgan fingerprint density at radius 2 is 2.18 bits per heavy atom. The van der Waals surface area contributed by atoms with Gasteiger partial charge in [0.1, 0.15) is 5.54 Å². The fraction of sp³-hybridized carbons (Fsp3) is 0.846. The van der Waals surface area contributed by atoms with Gasteiger partial charge in [0.15, 0.2) is 0 Å². The van der Waals surface area contributed by atoms with Gasteiger partial charge in [-0.15, -0.1) is 0 Å².